The molecule has 4 nitrogen and oxygen atoms in total. The van der Waals surface area contributed by atoms with Gasteiger partial charge in [0.25, 0.3) is 0 Å². The molecule has 1 aliphatic carbocycles. The maximum atomic E-state index is 5.59. The van der Waals surface area contributed by atoms with Crippen LogP contribution in [0.25, 0.3) is 0 Å². The summed E-state index contributed by atoms with van der Waals surface area (Å²) in [5, 5.41) is 0. The van der Waals surface area contributed by atoms with E-state index < -0.39 is 0 Å². The highest BCUT2D eigenvalue weighted by molar-refractivity contribution is 5.85. The summed E-state index contributed by atoms with van der Waals surface area (Å²) in [5.74, 6) is 2.52. The average molecular weight is 437 g/mol. The first-order valence-electron chi connectivity index (χ1n) is 11.8. The number of nitrogens with zero attached hydrogens (tertiary/aromatic N) is 2. The van der Waals surface area contributed by atoms with Crippen LogP contribution in [0.2, 0.25) is 0 Å². The van der Waals surface area contributed by atoms with E-state index in [0.29, 0.717) is 11.3 Å². The predicted molar refractivity (Wildman–Crippen MR) is 127 cm³/mol. The second kappa shape index (κ2) is 10.6. The molecule has 0 N–H and O–H groups in total. The van der Waals surface area contributed by atoms with Crippen molar-refractivity contribution in [1.82, 2.24) is 4.90 Å². The summed E-state index contributed by atoms with van der Waals surface area (Å²) in [6.45, 7) is 12.6. The Morgan fingerprint density at radius 3 is 2.30 bits per heavy atom. The Bertz CT molecular complexity index is 657. The van der Waals surface area contributed by atoms with Gasteiger partial charge < -0.3 is 14.4 Å². The first-order valence-corrected chi connectivity index (χ1v) is 11.8. The van der Waals surface area contributed by atoms with E-state index in [4.69, 9.17) is 9.47 Å². The summed E-state index contributed by atoms with van der Waals surface area (Å²) in [4.78, 5) is 5.30. The van der Waals surface area contributed by atoms with Gasteiger partial charge in [0.1, 0.15) is 5.75 Å². The van der Waals surface area contributed by atoms with Gasteiger partial charge in [0.2, 0.25) is 0 Å². The topological polar surface area (TPSA) is 24.9 Å². The predicted octanol–water partition coefficient (Wildman–Crippen LogP) is 5.35. The molecule has 30 heavy (non-hydrogen) atoms. The Balaban J connectivity index is 0.00000256. The summed E-state index contributed by atoms with van der Waals surface area (Å²) >= 11 is 0. The van der Waals surface area contributed by atoms with E-state index in [2.05, 4.69) is 41.8 Å². The van der Waals surface area contributed by atoms with Gasteiger partial charge in [-0.15, -0.1) is 12.4 Å². The van der Waals surface area contributed by atoms with Gasteiger partial charge in [-0.1, -0.05) is 19.9 Å². The molecule has 4 rings (SSSR count). The highest BCUT2D eigenvalue weighted by Gasteiger charge is 2.30. The van der Waals surface area contributed by atoms with E-state index in [0.717, 1.165) is 38.0 Å². The van der Waals surface area contributed by atoms with E-state index in [9.17, 15) is 0 Å². The average Bonchev–Trinajstić information content (AvgIpc) is 2.75. The number of hydrogen-bond donors (Lipinski definition) is 0. The van der Waals surface area contributed by atoms with Crippen LogP contribution in [0.5, 0.6) is 5.75 Å². The lowest BCUT2D eigenvalue weighted by molar-refractivity contribution is 0.0517. The minimum absolute atomic E-state index is 0. The summed E-state index contributed by atoms with van der Waals surface area (Å²) in [6, 6.07) is 6.81. The molecule has 1 aromatic carbocycles. The second-order valence-electron chi connectivity index (χ2n) is 10.2. The molecule has 1 saturated carbocycles. The monoisotopic (exact) mass is 436 g/mol. The Hall–Kier alpha value is -0.970. The molecule has 3 aliphatic rings. The van der Waals surface area contributed by atoms with E-state index in [1.54, 1.807) is 12.7 Å². The number of rotatable bonds is 5. The molecule has 3 fully saturated rings. The van der Waals surface area contributed by atoms with Crippen molar-refractivity contribution in [1.29, 1.82) is 0 Å². The SMILES string of the molecule is COc1ccc(C2CCC(C)(C)CC2)c(N2CCN(CC3CCOCC3)CC2)c1.Cl. The Labute approximate surface area is 189 Å². The molecular weight excluding hydrogens is 396 g/mol. The van der Waals surface area contributed by atoms with Gasteiger partial charge in [-0.2, -0.15) is 0 Å². The van der Waals surface area contributed by atoms with E-state index >= 15 is 0 Å². The van der Waals surface area contributed by atoms with Crippen LogP contribution < -0.4 is 9.64 Å². The number of hydrogen-bond acceptors (Lipinski definition) is 4. The number of piperazine rings is 1. The summed E-state index contributed by atoms with van der Waals surface area (Å²) in [7, 11) is 1.79. The number of halogens is 1. The Kier molecular flexibility index (Phi) is 8.34. The maximum Gasteiger partial charge on any atom is 0.120 e. The standard InChI is InChI=1S/C25H40N2O2.ClH/c1-25(2)10-6-21(7-11-25)23-5-4-22(28-3)18-24(23)27-14-12-26(13-15-27)19-20-8-16-29-17-9-20;/h4-5,18,20-21H,6-17,19H2,1-3H3;1H. The zero-order chi connectivity index (χ0) is 20.3. The van der Waals surface area contributed by atoms with E-state index in [1.165, 1.54) is 63.8 Å². The fourth-order valence-electron chi connectivity index (χ4n) is 5.45. The van der Waals surface area contributed by atoms with Crippen molar-refractivity contribution in [2.45, 2.75) is 58.3 Å². The molecule has 0 atom stereocenters. The third-order valence-electron chi connectivity index (χ3n) is 7.59. The number of benzene rings is 1. The first-order chi connectivity index (χ1) is 14.0. The number of methoxy groups -OCH3 is 1. The number of ether oxygens (including phenoxy) is 2. The van der Waals surface area contributed by atoms with Crippen molar-refractivity contribution in [2.24, 2.45) is 11.3 Å². The third kappa shape index (κ3) is 5.83. The van der Waals surface area contributed by atoms with Crippen LogP contribution >= 0.6 is 12.4 Å². The molecule has 170 valence electrons. The fourth-order valence-corrected chi connectivity index (χ4v) is 5.45. The van der Waals surface area contributed by atoms with Crippen molar-refractivity contribution in [3.05, 3.63) is 23.8 Å². The second-order valence-corrected chi connectivity index (χ2v) is 10.2. The molecule has 2 aliphatic heterocycles. The minimum Gasteiger partial charge on any atom is -0.497 e. The summed E-state index contributed by atoms with van der Waals surface area (Å²) in [5.41, 5.74) is 3.50. The van der Waals surface area contributed by atoms with Crippen LogP contribution in [0.4, 0.5) is 5.69 Å². The minimum atomic E-state index is 0. The van der Waals surface area contributed by atoms with Crippen LogP contribution in [0.15, 0.2) is 18.2 Å². The fraction of sp³-hybridized carbons (Fsp3) is 0.760. The zero-order valence-electron chi connectivity index (χ0n) is 19.2. The van der Waals surface area contributed by atoms with Gasteiger partial charge in [0, 0.05) is 57.7 Å². The Morgan fingerprint density at radius 1 is 1.00 bits per heavy atom. The maximum absolute atomic E-state index is 5.59. The molecule has 0 unspecified atom stereocenters. The van der Waals surface area contributed by atoms with Crippen molar-refractivity contribution < 1.29 is 9.47 Å². The molecular formula is C25H41ClN2O2. The van der Waals surface area contributed by atoms with Crippen molar-refractivity contribution in [2.75, 3.05) is 57.9 Å². The van der Waals surface area contributed by atoms with Gasteiger partial charge in [-0.05, 0) is 67.4 Å². The van der Waals surface area contributed by atoms with Crippen LogP contribution in [0.1, 0.15) is 63.9 Å². The molecule has 0 amide bonds. The molecule has 0 bridgehead atoms. The molecule has 2 heterocycles. The van der Waals surface area contributed by atoms with Crippen molar-refractivity contribution >= 4 is 18.1 Å². The zero-order valence-corrected chi connectivity index (χ0v) is 20.0. The molecule has 0 spiro atoms. The van der Waals surface area contributed by atoms with Crippen LogP contribution in [-0.4, -0.2) is 57.9 Å². The van der Waals surface area contributed by atoms with Gasteiger partial charge in [-0.25, -0.2) is 0 Å². The normalized spacial score (nSPS) is 23.8. The molecule has 5 heteroatoms. The van der Waals surface area contributed by atoms with E-state index in [1.807, 2.05) is 0 Å². The largest absolute Gasteiger partial charge is 0.497 e. The van der Waals surface area contributed by atoms with Crippen LogP contribution in [0, 0.1) is 11.3 Å². The van der Waals surface area contributed by atoms with Gasteiger partial charge in [-0.3, -0.25) is 4.90 Å². The van der Waals surface area contributed by atoms with Gasteiger partial charge in [0.15, 0.2) is 0 Å². The highest BCUT2D eigenvalue weighted by atomic mass is 35.5. The lowest BCUT2D eigenvalue weighted by Crippen LogP contribution is -2.48. The van der Waals surface area contributed by atoms with Crippen molar-refractivity contribution in [3.63, 3.8) is 0 Å². The van der Waals surface area contributed by atoms with Gasteiger partial charge >= 0.3 is 0 Å². The lowest BCUT2D eigenvalue weighted by Gasteiger charge is -2.41. The molecule has 2 saturated heterocycles. The number of anilines is 1. The van der Waals surface area contributed by atoms with Gasteiger partial charge in [0.05, 0.1) is 7.11 Å². The lowest BCUT2D eigenvalue weighted by atomic mass is 9.71. The van der Waals surface area contributed by atoms with Crippen LogP contribution in [-0.2, 0) is 4.74 Å². The Morgan fingerprint density at radius 2 is 1.67 bits per heavy atom. The smallest absolute Gasteiger partial charge is 0.120 e. The molecule has 1 aromatic rings. The molecule has 0 radical (unpaired) electrons. The third-order valence-corrected chi connectivity index (χ3v) is 7.59. The first kappa shape index (κ1) is 23.7. The summed E-state index contributed by atoms with van der Waals surface area (Å²) < 4.78 is 11.1. The quantitative estimate of drug-likeness (QED) is 0.621. The molecule has 0 aromatic heterocycles. The van der Waals surface area contributed by atoms with Crippen molar-refractivity contribution in [3.8, 4) is 5.75 Å². The van der Waals surface area contributed by atoms with E-state index in [-0.39, 0.29) is 12.4 Å². The van der Waals surface area contributed by atoms with Crippen LogP contribution in [0.3, 0.4) is 0 Å². The summed E-state index contributed by atoms with van der Waals surface area (Å²) in [6.07, 6.45) is 7.77. The highest BCUT2D eigenvalue weighted by Crippen LogP contribution is 2.45.